The summed E-state index contributed by atoms with van der Waals surface area (Å²) in [6.07, 6.45) is 0.985. The van der Waals surface area contributed by atoms with Crippen LogP contribution in [0.1, 0.15) is 11.1 Å². The Kier molecular flexibility index (Phi) is 5.31. The Balaban J connectivity index is 1.48. The molecule has 0 fully saturated rings. The van der Waals surface area contributed by atoms with Crippen molar-refractivity contribution >= 4 is 44.4 Å². The highest BCUT2D eigenvalue weighted by Crippen LogP contribution is 2.27. The van der Waals surface area contributed by atoms with Gasteiger partial charge in [0.25, 0.3) is 0 Å². The molecule has 1 amide bonds. The van der Waals surface area contributed by atoms with Crippen LogP contribution in [0.3, 0.4) is 0 Å². The van der Waals surface area contributed by atoms with E-state index in [0.717, 1.165) is 28.0 Å². The summed E-state index contributed by atoms with van der Waals surface area (Å²) in [6, 6.07) is 16.4. The quantitative estimate of drug-likeness (QED) is 0.670. The van der Waals surface area contributed by atoms with Gasteiger partial charge in [0.1, 0.15) is 0 Å². The molecule has 0 aliphatic carbocycles. The molecule has 1 N–H and O–H groups in total. The number of nitrogens with one attached hydrogen (secondary N) is 1. The van der Waals surface area contributed by atoms with Crippen LogP contribution in [0, 0.1) is 6.92 Å². The molecule has 3 aromatic rings. The van der Waals surface area contributed by atoms with Crippen LogP contribution in [0.5, 0.6) is 0 Å². The topological polar surface area (TPSA) is 42.0 Å². The van der Waals surface area contributed by atoms with Crippen LogP contribution < -0.4 is 5.32 Å². The second-order valence-electron chi connectivity index (χ2n) is 5.28. The van der Waals surface area contributed by atoms with Gasteiger partial charge in [0.15, 0.2) is 5.13 Å². The van der Waals surface area contributed by atoms with Gasteiger partial charge in [0.05, 0.1) is 16.0 Å². The van der Waals surface area contributed by atoms with E-state index in [9.17, 15) is 4.79 Å². The average molecular weight is 342 g/mol. The van der Waals surface area contributed by atoms with Crippen molar-refractivity contribution in [1.29, 1.82) is 0 Å². The van der Waals surface area contributed by atoms with Crippen LogP contribution in [-0.2, 0) is 11.2 Å². The maximum absolute atomic E-state index is 12.0. The number of hydrogen-bond acceptors (Lipinski definition) is 4. The van der Waals surface area contributed by atoms with Crippen molar-refractivity contribution in [2.75, 3.05) is 16.8 Å². The lowest BCUT2D eigenvalue weighted by Gasteiger charge is -2.02. The number of aryl methyl sites for hydroxylation is 2. The summed E-state index contributed by atoms with van der Waals surface area (Å²) in [7, 11) is 0. The van der Waals surface area contributed by atoms with E-state index in [-0.39, 0.29) is 5.91 Å². The Labute approximate surface area is 144 Å². The van der Waals surface area contributed by atoms with E-state index in [2.05, 4.69) is 22.4 Å². The van der Waals surface area contributed by atoms with Crippen LogP contribution in [-0.4, -0.2) is 22.4 Å². The Morgan fingerprint density at radius 1 is 1.17 bits per heavy atom. The van der Waals surface area contributed by atoms with Crippen molar-refractivity contribution in [2.45, 2.75) is 13.3 Å². The van der Waals surface area contributed by atoms with Crippen LogP contribution in [0.2, 0.25) is 0 Å². The van der Waals surface area contributed by atoms with Crippen LogP contribution in [0.25, 0.3) is 10.2 Å². The largest absolute Gasteiger partial charge is 0.301 e. The van der Waals surface area contributed by atoms with Gasteiger partial charge in [-0.2, -0.15) is 11.8 Å². The molecule has 0 aliphatic rings. The molecule has 3 nitrogen and oxygen atoms in total. The molecule has 0 bridgehead atoms. The zero-order valence-electron chi connectivity index (χ0n) is 12.9. The van der Waals surface area contributed by atoms with Crippen molar-refractivity contribution < 1.29 is 4.79 Å². The van der Waals surface area contributed by atoms with Gasteiger partial charge in [0, 0.05) is 0 Å². The maximum atomic E-state index is 12.0. The van der Waals surface area contributed by atoms with Gasteiger partial charge < -0.3 is 5.32 Å². The van der Waals surface area contributed by atoms with Gasteiger partial charge in [0.2, 0.25) is 5.91 Å². The van der Waals surface area contributed by atoms with Crippen molar-refractivity contribution in [3.8, 4) is 0 Å². The molecule has 0 atom stereocenters. The summed E-state index contributed by atoms with van der Waals surface area (Å²) in [4.78, 5) is 16.5. The maximum Gasteiger partial charge on any atom is 0.236 e. The first-order chi connectivity index (χ1) is 11.2. The number of anilines is 1. The molecule has 0 radical (unpaired) electrons. The molecule has 2 aromatic carbocycles. The monoisotopic (exact) mass is 342 g/mol. The number of benzene rings is 2. The van der Waals surface area contributed by atoms with Crippen molar-refractivity contribution in [1.82, 2.24) is 4.98 Å². The van der Waals surface area contributed by atoms with Gasteiger partial charge in [-0.05, 0) is 36.3 Å². The number of carbonyl (C=O) groups excluding carboxylic acids is 1. The normalized spacial score (nSPS) is 10.8. The minimum absolute atomic E-state index is 0.0137. The fourth-order valence-corrected chi connectivity index (χ4v) is 4.04. The summed E-state index contributed by atoms with van der Waals surface area (Å²) in [5.41, 5.74) is 3.42. The smallest absolute Gasteiger partial charge is 0.236 e. The number of rotatable bonds is 6. The fourth-order valence-electron chi connectivity index (χ4n) is 2.29. The third kappa shape index (κ3) is 4.33. The molecule has 118 valence electrons. The second kappa shape index (κ2) is 7.62. The highest BCUT2D eigenvalue weighted by molar-refractivity contribution is 7.99. The zero-order valence-corrected chi connectivity index (χ0v) is 14.5. The molecule has 1 heterocycles. The fraction of sp³-hybridized carbons (Fsp3) is 0.222. The molecule has 0 unspecified atom stereocenters. The molecule has 0 saturated carbocycles. The average Bonchev–Trinajstić information content (AvgIpc) is 2.96. The molecule has 23 heavy (non-hydrogen) atoms. The lowest BCUT2D eigenvalue weighted by atomic mass is 10.2. The molecule has 5 heteroatoms. The van der Waals surface area contributed by atoms with E-state index in [0.29, 0.717) is 10.9 Å². The third-order valence-electron chi connectivity index (χ3n) is 3.48. The second-order valence-corrected chi connectivity index (χ2v) is 7.41. The van der Waals surface area contributed by atoms with Gasteiger partial charge in [-0.15, -0.1) is 0 Å². The Hall–Kier alpha value is -1.85. The van der Waals surface area contributed by atoms with Gasteiger partial charge in [-0.1, -0.05) is 53.8 Å². The Morgan fingerprint density at radius 3 is 2.78 bits per heavy atom. The van der Waals surface area contributed by atoms with E-state index >= 15 is 0 Å². The summed E-state index contributed by atoms with van der Waals surface area (Å²) in [6.45, 7) is 2.03. The number of aromatic nitrogens is 1. The molecular formula is C18H18N2OS2. The van der Waals surface area contributed by atoms with Crippen LogP contribution in [0.15, 0.2) is 48.5 Å². The third-order valence-corrected chi connectivity index (χ3v) is 5.37. The Bertz CT molecular complexity index is 799. The minimum Gasteiger partial charge on any atom is -0.301 e. The van der Waals surface area contributed by atoms with E-state index in [1.807, 2.05) is 43.3 Å². The summed E-state index contributed by atoms with van der Waals surface area (Å²) in [5, 5.41) is 3.59. The van der Waals surface area contributed by atoms with Gasteiger partial charge >= 0.3 is 0 Å². The zero-order chi connectivity index (χ0) is 16.1. The summed E-state index contributed by atoms with van der Waals surface area (Å²) < 4.78 is 1.11. The number of carbonyl (C=O) groups is 1. The highest BCUT2D eigenvalue weighted by atomic mass is 32.2. The van der Waals surface area contributed by atoms with Gasteiger partial charge in [-0.3, -0.25) is 4.79 Å². The number of hydrogen-bond donors (Lipinski definition) is 1. The minimum atomic E-state index is 0.0137. The molecule has 0 saturated heterocycles. The Morgan fingerprint density at radius 2 is 2.00 bits per heavy atom. The number of fused-ring (bicyclic) bond motifs is 1. The van der Waals surface area contributed by atoms with Crippen molar-refractivity contribution in [2.24, 2.45) is 0 Å². The van der Waals surface area contributed by atoms with E-state index in [1.54, 1.807) is 11.8 Å². The number of thioether (sulfide) groups is 1. The van der Waals surface area contributed by atoms with Gasteiger partial charge in [-0.25, -0.2) is 4.98 Å². The van der Waals surface area contributed by atoms with E-state index < -0.39 is 0 Å². The lowest BCUT2D eigenvalue weighted by molar-refractivity contribution is -0.113. The molecule has 0 spiro atoms. The number of nitrogens with zero attached hydrogens (tertiary/aromatic N) is 1. The predicted molar refractivity (Wildman–Crippen MR) is 100 cm³/mol. The van der Waals surface area contributed by atoms with Crippen molar-refractivity contribution in [3.05, 3.63) is 59.7 Å². The van der Waals surface area contributed by atoms with Crippen molar-refractivity contribution in [3.63, 3.8) is 0 Å². The standard InChI is InChI=1S/C18H18N2OS2/c1-13-6-5-9-15-17(13)20-18(23-15)19-16(21)12-22-11-10-14-7-3-2-4-8-14/h2-9H,10-12H2,1H3,(H,19,20,21). The predicted octanol–water partition coefficient (Wildman–Crippen LogP) is 4.52. The van der Waals surface area contributed by atoms with E-state index in [4.69, 9.17) is 0 Å². The highest BCUT2D eigenvalue weighted by Gasteiger charge is 2.09. The molecule has 3 rings (SSSR count). The van der Waals surface area contributed by atoms with Crippen LogP contribution in [0.4, 0.5) is 5.13 Å². The first-order valence-electron chi connectivity index (χ1n) is 7.50. The van der Waals surface area contributed by atoms with Crippen LogP contribution >= 0.6 is 23.1 Å². The summed E-state index contributed by atoms with van der Waals surface area (Å²) >= 11 is 3.17. The first-order valence-corrected chi connectivity index (χ1v) is 9.47. The molecular weight excluding hydrogens is 324 g/mol. The SMILES string of the molecule is Cc1cccc2sc(NC(=O)CSCCc3ccccc3)nc12. The lowest BCUT2D eigenvalue weighted by Crippen LogP contribution is -2.14. The molecule has 0 aliphatic heterocycles. The summed E-state index contributed by atoms with van der Waals surface area (Å²) in [5.74, 6) is 1.41. The number of amides is 1. The first kappa shape index (κ1) is 16.0. The number of para-hydroxylation sites is 1. The van der Waals surface area contributed by atoms with E-state index in [1.165, 1.54) is 16.9 Å². The number of thiazole rings is 1. The molecule has 1 aromatic heterocycles.